The van der Waals surface area contributed by atoms with Crippen LogP contribution in [0.25, 0.3) is 0 Å². The van der Waals surface area contributed by atoms with E-state index in [-0.39, 0.29) is 6.04 Å². The fraction of sp³-hybridized carbons (Fsp3) is 0.143. The van der Waals surface area contributed by atoms with Crippen LogP contribution >= 0.6 is 0 Å². The highest BCUT2D eigenvalue weighted by molar-refractivity contribution is 6.03. The van der Waals surface area contributed by atoms with Crippen molar-refractivity contribution in [2.24, 2.45) is 15.4 Å². The summed E-state index contributed by atoms with van der Waals surface area (Å²) in [5.74, 6) is 0. The standard InChI is InChI=1S/C7H4N4/c8-4-5-1-2-6-7(3-5)10-11-9-6/h1-3,7H. The first-order chi connectivity index (χ1) is 5.40. The van der Waals surface area contributed by atoms with Gasteiger partial charge in [0.2, 0.25) is 0 Å². The Bertz CT molecular complexity index is 340. The van der Waals surface area contributed by atoms with E-state index in [1.165, 1.54) is 0 Å². The zero-order valence-electron chi connectivity index (χ0n) is 5.60. The Kier molecular flexibility index (Phi) is 1.16. The Balaban J connectivity index is 2.38. The third-order valence-corrected chi connectivity index (χ3v) is 1.54. The molecule has 0 amide bonds. The van der Waals surface area contributed by atoms with Crippen LogP contribution in [0.5, 0.6) is 0 Å². The highest BCUT2D eigenvalue weighted by Gasteiger charge is 2.18. The molecule has 1 aliphatic carbocycles. The Hall–Kier alpha value is -1.76. The Morgan fingerprint density at radius 2 is 2.36 bits per heavy atom. The molecule has 1 unspecified atom stereocenters. The Labute approximate surface area is 63.2 Å². The maximum atomic E-state index is 8.53. The average molecular weight is 144 g/mol. The topological polar surface area (TPSA) is 60.9 Å². The maximum Gasteiger partial charge on any atom is 0.136 e. The Morgan fingerprint density at radius 1 is 1.45 bits per heavy atom. The summed E-state index contributed by atoms with van der Waals surface area (Å²) in [7, 11) is 0. The highest BCUT2D eigenvalue weighted by atomic mass is 15.4. The van der Waals surface area contributed by atoms with E-state index in [1.54, 1.807) is 18.2 Å². The van der Waals surface area contributed by atoms with E-state index in [2.05, 4.69) is 15.4 Å². The minimum atomic E-state index is -0.116. The summed E-state index contributed by atoms with van der Waals surface area (Å²) in [4.78, 5) is 0. The van der Waals surface area contributed by atoms with Gasteiger partial charge in [0.1, 0.15) is 6.04 Å². The molecule has 2 aliphatic rings. The van der Waals surface area contributed by atoms with E-state index < -0.39 is 0 Å². The van der Waals surface area contributed by atoms with Gasteiger partial charge in [0.05, 0.1) is 17.4 Å². The van der Waals surface area contributed by atoms with E-state index in [0.29, 0.717) is 5.57 Å². The molecule has 0 N–H and O–H groups in total. The van der Waals surface area contributed by atoms with E-state index in [1.807, 2.05) is 6.07 Å². The molecule has 0 bridgehead atoms. The van der Waals surface area contributed by atoms with Gasteiger partial charge in [-0.15, -0.1) is 5.10 Å². The van der Waals surface area contributed by atoms with Gasteiger partial charge in [0.15, 0.2) is 0 Å². The lowest BCUT2D eigenvalue weighted by molar-refractivity contribution is 0.971. The summed E-state index contributed by atoms with van der Waals surface area (Å²) in [5, 5.41) is 19.6. The second kappa shape index (κ2) is 2.13. The van der Waals surface area contributed by atoms with E-state index in [9.17, 15) is 0 Å². The summed E-state index contributed by atoms with van der Waals surface area (Å²) >= 11 is 0. The average Bonchev–Trinajstić information content (AvgIpc) is 2.50. The van der Waals surface area contributed by atoms with Gasteiger partial charge in [0, 0.05) is 0 Å². The minimum absolute atomic E-state index is 0.116. The third-order valence-electron chi connectivity index (χ3n) is 1.54. The fourth-order valence-corrected chi connectivity index (χ4v) is 0.977. The van der Waals surface area contributed by atoms with Crippen molar-refractivity contribution in [1.82, 2.24) is 0 Å². The predicted octanol–water partition coefficient (Wildman–Crippen LogP) is 1.20. The monoisotopic (exact) mass is 144 g/mol. The molecule has 0 saturated carbocycles. The van der Waals surface area contributed by atoms with Gasteiger partial charge in [-0.3, -0.25) is 0 Å². The molecule has 0 saturated heterocycles. The normalized spacial score (nSPS) is 25.5. The van der Waals surface area contributed by atoms with Crippen molar-refractivity contribution < 1.29 is 0 Å². The molecule has 1 heterocycles. The van der Waals surface area contributed by atoms with Crippen molar-refractivity contribution in [1.29, 1.82) is 5.26 Å². The van der Waals surface area contributed by atoms with Crippen molar-refractivity contribution >= 4 is 5.71 Å². The van der Waals surface area contributed by atoms with Gasteiger partial charge in [-0.05, 0) is 23.5 Å². The molecule has 0 radical (unpaired) electrons. The molecule has 0 aromatic heterocycles. The molecule has 0 aromatic carbocycles. The maximum absolute atomic E-state index is 8.53. The van der Waals surface area contributed by atoms with Gasteiger partial charge in [0.25, 0.3) is 0 Å². The van der Waals surface area contributed by atoms with Crippen LogP contribution < -0.4 is 0 Å². The predicted molar refractivity (Wildman–Crippen MR) is 38.9 cm³/mol. The van der Waals surface area contributed by atoms with Crippen LogP contribution in [-0.4, -0.2) is 11.8 Å². The van der Waals surface area contributed by atoms with Crippen LogP contribution in [0, 0.1) is 11.3 Å². The summed E-state index contributed by atoms with van der Waals surface area (Å²) in [6.07, 6.45) is 5.23. The zero-order chi connectivity index (χ0) is 7.68. The lowest BCUT2D eigenvalue weighted by atomic mass is 10.0. The zero-order valence-corrected chi connectivity index (χ0v) is 5.60. The lowest BCUT2D eigenvalue weighted by Gasteiger charge is -2.03. The summed E-state index contributed by atoms with van der Waals surface area (Å²) < 4.78 is 0. The second-order valence-corrected chi connectivity index (χ2v) is 2.24. The van der Waals surface area contributed by atoms with Gasteiger partial charge in [-0.25, -0.2) is 0 Å². The molecular formula is C7H4N4. The van der Waals surface area contributed by atoms with Gasteiger partial charge in [-0.2, -0.15) is 10.4 Å². The van der Waals surface area contributed by atoms with Crippen LogP contribution in [0.15, 0.2) is 39.2 Å². The summed E-state index contributed by atoms with van der Waals surface area (Å²) in [6, 6.07) is 1.92. The molecule has 0 spiro atoms. The van der Waals surface area contributed by atoms with Gasteiger partial charge in [-0.1, -0.05) is 0 Å². The second-order valence-electron chi connectivity index (χ2n) is 2.24. The lowest BCUT2D eigenvalue weighted by Crippen LogP contribution is -2.13. The highest BCUT2D eigenvalue weighted by Crippen LogP contribution is 2.15. The molecule has 52 valence electrons. The van der Waals surface area contributed by atoms with Gasteiger partial charge >= 0.3 is 0 Å². The van der Waals surface area contributed by atoms with Gasteiger partial charge < -0.3 is 0 Å². The first-order valence-electron chi connectivity index (χ1n) is 3.18. The molecule has 4 heteroatoms. The molecular weight excluding hydrogens is 140 g/mol. The van der Waals surface area contributed by atoms with E-state index in [4.69, 9.17) is 5.26 Å². The number of nitrogens with zero attached hydrogens (tertiary/aromatic N) is 4. The molecule has 4 nitrogen and oxygen atoms in total. The van der Waals surface area contributed by atoms with Crippen molar-refractivity contribution in [3.8, 4) is 6.07 Å². The molecule has 0 aromatic rings. The largest absolute Gasteiger partial charge is 0.192 e. The van der Waals surface area contributed by atoms with Crippen LogP contribution in [-0.2, 0) is 0 Å². The van der Waals surface area contributed by atoms with Crippen molar-refractivity contribution in [3.63, 3.8) is 0 Å². The molecule has 1 atom stereocenters. The van der Waals surface area contributed by atoms with Crippen molar-refractivity contribution in [3.05, 3.63) is 23.8 Å². The van der Waals surface area contributed by atoms with Crippen LogP contribution in [0.1, 0.15) is 0 Å². The first-order valence-corrected chi connectivity index (χ1v) is 3.18. The Morgan fingerprint density at radius 3 is 3.18 bits per heavy atom. The fourth-order valence-electron chi connectivity index (χ4n) is 0.977. The third kappa shape index (κ3) is 0.867. The van der Waals surface area contributed by atoms with Crippen LogP contribution in [0.4, 0.5) is 0 Å². The number of rotatable bonds is 0. The quantitative estimate of drug-likeness (QED) is 0.503. The summed E-state index contributed by atoms with van der Waals surface area (Å²) in [6.45, 7) is 0. The number of allylic oxidation sites excluding steroid dienone is 2. The number of nitriles is 1. The number of hydrogen-bond acceptors (Lipinski definition) is 4. The summed E-state index contributed by atoms with van der Waals surface area (Å²) in [5.41, 5.74) is 1.43. The molecule has 0 fully saturated rings. The van der Waals surface area contributed by atoms with Crippen LogP contribution in [0.2, 0.25) is 0 Å². The smallest absolute Gasteiger partial charge is 0.136 e. The SMILES string of the molecule is N#CC1=CC2N=NN=C2C=C1. The number of fused-ring (bicyclic) bond motifs is 1. The minimum Gasteiger partial charge on any atom is -0.192 e. The van der Waals surface area contributed by atoms with E-state index >= 15 is 0 Å². The van der Waals surface area contributed by atoms with Crippen molar-refractivity contribution in [2.45, 2.75) is 6.04 Å². The first kappa shape index (κ1) is 5.98. The van der Waals surface area contributed by atoms with Crippen molar-refractivity contribution in [2.75, 3.05) is 0 Å². The number of hydrogen-bond donors (Lipinski definition) is 0. The molecule has 1 aliphatic heterocycles. The van der Waals surface area contributed by atoms with Crippen LogP contribution in [0.3, 0.4) is 0 Å². The van der Waals surface area contributed by atoms with E-state index in [0.717, 1.165) is 5.71 Å². The molecule has 2 rings (SSSR count). The molecule has 11 heavy (non-hydrogen) atoms.